The van der Waals surface area contributed by atoms with Gasteiger partial charge < -0.3 is 0 Å². The maximum Gasteiger partial charge on any atom is 0.141 e. The van der Waals surface area contributed by atoms with E-state index in [9.17, 15) is 4.39 Å². The Morgan fingerprint density at radius 2 is 2.00 bits per heavy atom. The van der Waals surface area contributed by atoms with Crippen molar-refractivity contribution in [3.05, 3.63) is 34.5 Å². The van der Waals surface area contributed by atoms with Crippen LogP contribution in [-0.4, -0.2) is 0 Å². The molecule has 0 fully saturated rings. The number of benzene rings is 1. The van der Waals surface area contributed by atoms with Crippen LogP contribution < -0.4 is 0 Å². The molecule has 0 bridgehead atoms. The van der Waals surface area contributed by atoms with Crippen molar-refractivity contribution in [3.8, 4) is 0 Å². The summed E-state index contributed by atoms with van der Waals surface area (Å²) in [6.07, 6.45) is 0. The molecule has 0 saturated heterocycles. The van der Waals surface area contributed by atoms with Gasteiger partial charge in [0.05, 0.1) is 4.70 Å². The summed E-state index contributed by atoms with van der Waals surface area (Å²) in [6, 6.07) is 5.31. The highest BCUT2D eigenvalue weighted by Crippen LogP contribution is 2.36. The first-order chi connectivity index (χ1) is 6.61. The number of rotatable bonds is 1. The zero-order valence-corrected chi connectivity index (χ0v) is 9.41. The van der Waals surface area contributed by atoms with Crippen molar-refractivity contribution in [2.45, 2.75) is 26.7 Å². The lowest BCUT2D eigenvalue weighted by Crippen LogP contribution is -1.83. The first-order valence-electron chi connectivity index (χ1n) is 4.78. The van der Waals surface area contributed by atoms with Crippen LogP contribution in [0, 0.1) is 12.7 Å². The number of hydrogen-bond donors (Lipinski definition) is 0. The van der Waals surface area contributed by atoms with E-state index in [1.807, 2.05) is 6.07 Å². The van der Waals surface area contributed by atoms with E-state index in [-0.39, 0.29) is 5.82 Å². The summed E-state index contributed by atoms with van der Waals surface area (Å²) in [7, 11) is 0. The van der Waals surface area contributed by atoms with Crippen molar-refractivity contribution < 1.29 is 4.39 Å². The minimum absolute atomic E-state index is 0.0949. The molecule has 74 valence electrons. The van der Waals surface area contributed by atoms with E-state index in [4.69, 9.17) is 0 Å². The molecule has 0 amide bonds. The van der Waals surface area contributed by atoms with E-state index < -0.39 is 0 Å². The van der Waals surface area contributed by atoms with Crippen LogP contribution in [0.3, 0.4) is 0 Å². The number of halogens is 1. The molecule has 1 heterocycles. The van der Waals surface area contributed by atoms with E-state index in [1.54, 1.807) is 17.4 Å². The standard InChI is InChI=1S/C12H13FS/c1-7(2)11-8(3)9-5-4-6-10(13)12(9)14-11/h4-7H,1-3H3. The fraction of sp³-hybridized carbons (Fsp3) is 0.333. The fourth-order valence-electron chi connectivity index (χ4n) is 1.78. The Bertz CT molecular complexity index is 468. The van der Waals surface area contributed by atoms with E-state index in [0.717, 1.165) is 10.1 Å². The summed E-state index contributed by atoms with van der Waals surface area (Å²) in [5.41, 5.74) is 1.24. The molecule has 0 aliphatic carbocycles. The molecule has 0 N–H and O–H groups in total. The van der Waals surface area contributed by atoms with Crippen LogP contribution in [0.1, 0.15) is 30.2 Å². The van der Waals surface area contributed by atoms with Crippen molar-refractivity contribution >= 4 is 21.4 Å². The first-order valence-corrected chi connectivity index (χ1v) is 5.60. The van der Waals surface area contributed by atoms with Crippen LogP contribution in [0.4, 0.5) is 4.39 Å². The van der Waals surface area contributed by atoms with E-state index in [2.05, 4.69) is 20.8 Å². The van der Waals surface area contributed by atoms with Gasteiger partial charge in [0.2, 0.25) is 0 Å². The summed E-state index contributed by atoms with van der Waals surface area (Å²) in [6.45, 7) is 6.37. The lowest BCUT2D eigenvalue weighted by molar-refractivity contribution is 0.641. The van der Waals surface area contributed by atoms with Crippen LogP contribution in [0.15, 0.2) is 18.2 Å². The summed E-state index contributed by atoms with van der Waals surface area (Å²) < 4.78 is 14.3. The van der Waals surface area contributed by atoms with Crippen molar-refractivity contribution in [2.24, 2.45) is 0 Å². The molecule has 0 aliphatic heterocycles. The number of hydrogen-bond acceptors (Lipinski definition) is 1. The van der Waals surface area contributed by atoms with Crippen molar-refractivity contribution in [3.63, 3.8) is 0 Å². The van der Waals surface area contributed by atoms with Crippen LogP contribution >= 0.6 is 11.3 Å². The smallest absolute Gasteiger partial charge is 0.141 e. The lowest BCUT2D eigenvalue weighted by atomic mass is 10.1. The minimum Gasteiger partial charge on any atom is -0.205 e. The monoisotopic (exact) mass is 208 g/mol. The summed E-state index contributed by atoms with van der Waals surface area (Å²) in [5.74, 6) is 0.384. The third-order valence-corrected chi connectivity index (χ3v) is 4.09. The predicted molar refractivity (Wildman–Crippen MR) is 60.6 cm³/mol. The zero-order chi connectivity index (χ0) is 10.3. The van der Waals surface area contributed by atoms with Crippen LogP contribution in [0.5, 0.6) is 0 Å². The normalized spacial score (nSPS) is 11.5. The molecule has 0 radical (unpaired) electrons. The number of aryl methyl sites for hydroxylation is 1. The van der Waals surface area contributed by atoms with Gasteiger partial charge >= 0.3 is 0 Å². The number of fused-ring (bicyclic) bond motifs is 1. The molecule has 0 unspecified atom stereocenters. The second-order valence-electron chi connectivity index (χ2n) is 3.86. The SMILES string of the molecule is Cc1c(C(C)C)sc2c(F)cccc12. The summed E-state index contributed by atoms with van der Waals surface area (Å²) in [4.78, 5) is 1.30. The van der Waals surface area contributed by atoms with Crippen molar-refractivity contribution in [1.82, 2.24) is 0 Å². The van der Waals surface area contributed by atoms with Gasteiger partial charge in [-0.3, -0.25) is 0 Å². The van der Waals surface area contributed by atoms with Gasteiger partial charge in [-0.25, -0.2) is 4.39 Å². The van der Waals surface area contributed by atoms with Gasteiger partial charge in [0.25, 0.3) is 0 Å². The van der Waals surface area contributed by atoms with E-state index >= 15 is 0 Å². The largest absolute Gasteiger partial charge is 0.205 e. The van der Waals surface area contributed by atoms with Crippen LogP contribution in [0.2, 0.25) is 0 Å². The quantitative estimate of drug-likeness (QED) is 0.648. The minimum atomic E-state index is -0.0949. The second-order valence-corrected chi connectivity index (χ2v) is 4.91. The molecule has 1 aromatic heterocycles. The molecule has 2 aromatic rings. The Morgan fingerprint density at radius 3 is 2.57 bits per heavy atom. The second kappa shape index (κ2) is 3.35. The molecule has 14 heavy (non-hydrogen) atoms. The third kappa shape index (κ3) is 1.34. The molecule has 0 saturated carbocycles. The maximum absolute atomic E-state index is 13.5. The van der Waals surface area contributed by atoms with Gasteiger partial charge in [0.15, 0.2) is 0 Å². The maximum atomic E-state index is 13.5. The molecule has 2 rings (SSSR count). The van der Waals surface area contributed by atoms with Gasteiger partial charge in [-0.2, -0.15) is 0 Å². The fourth-order valence-corrected chi connectivity index (χ4v) is 2.99. The molecular weight excluding hydrogens is 195 g/mol. The van der Waals surface area contributed by atoms with Crippen LogP contribution in [-0.2, 0) is 0 Å². The van der Waals surface area contributed by atoms with E-state index in [0.29, 0.717) is 5.92 Å². The highest BCUT2D eigenvalue weighted by Gasteiger charge is 2.13. The zero-order valence-electron chi connectivity index (χ0n) is 8.60. The van der Waals surface area contributed by atoms with Gasteiger partial charge in [0.1, 0.15) is 5.82 Å². The Labute approximate surface area is 87.4 Å². The Morgan fingerprint density at radius 1 is 1.29 bits per heavy atom. The predicted octanol–water partition coefficient (Wildman–Crippen LogP) is 4.47. The molecular formula is C12H13FS. The van der Waals surface area contributed by atoms with Gasteiger partial charge in [0, 0.05) is 4.88 Å². The highest BCUT2D eigenvalue weighted by atomic mass is 32.1. The Balaban J connectivity index is 2.80. The van der Waals surface area contributed by atoms with Gasteiger partial charge in [-0.1, -0.05) is 26.0 Å². The molecule has 0 atom stereocenters. The van der Waals surface area contributed by atoms with Crippen LogP contribution in [0.25, 0.3) is 10.1 Å². The molecule has 0 aliphatic rings. The Kier molecular flexibility index (Phi) is 2.31. The average Bonchev–Trinajstić information content (AvgIpc) is 2.46. The molecule has 0 nitrogen and oxygen atoms in total. The Hall–Kier alpha value is -0.890. The topological polar surface area (TPSA) is 0 Å². The molecule has 0 spiro atoms. The molecule has 1 aromatic carbocycles. The number of thiophene rings is 1. The summed E-state index contributed by atoms with van der Waals surface area (Å²) in [5, 5.41) is 1.07. The van der Waals surface area contributed by atoms with E-state index in [1.165, 1.54) is 16.5 Å². The lowest BCUT2D eigenvalue weighted by Gasteiger charge is -2.01. The van der Waals surface area contributed by atoms with Gasteiger partial charge in [-0.05, 0) is 29.9 Å². The summed E-state index contributed by atoms with van der Waals surface area (Å²) >= 11 is 1.58. The molecule has 2 heteroatoms. The van der Waals surface area contributed by atoms with Gasteiger partial charge in [-0.15, -0.1) is 11.3 Å². The third-order valence-electron chi connectivity index (χ3n) is 2.48. The average molecular weight is 208 g/mol. The van der Waals surface area contributed by atoms with Crippen molar-refractivity contribution in [2.75, 3.05) is 0 Å². The highest BCUT2D eigenvalue weighted by molar-refractivity contribution is 7.19. The first kappa shape index (κ1) is 9.66. The van der Waals surface area contributed by atoms with Crippen molar-refractivity contribution in [1.29, 1.82) is 0 Å².